The molecule has 0 spiro atoms. The van der Waals surface area contributed by atoms with Gasteiger partial charge in [-0.3, -0.25) is 4.79 Å². The largest absolute Gasteiger partial charge is 0.493 e. The van der Waals surface area contributed by atoms with Gasteiger partial charge < -0.3 is 29.6 Å². The number of carbonyl (C=O) groups is 1. The van der Waals surface area contributed by atoms with E-state index in [1.807, 2.05) is 43.3 Å². The highest BCUT2D eigenvalue weighted by Crippen LogP contribution is 2.42. The van der Waals surface area contributed by atoms with Crippen LogP contribution in [0.1, 0.15) is 52.5 Å². The third kappa shape index (κ3) is 5.38. The third-order valence-electron chi connectivity index (χ3n) is 6.31. The molecule has 2 aromatic carbocycles. The highest BCUT2D eigenvalue weighted by molar-refractivity contribution is 7.16. The number of thiophene rings is 1. The van der Waals surface area contributed by atoms with Crippen molar-refractivity contribution in [2.75, 3.05) is 38.6 Å². The first kappa shape index (κ1) is 25.7. The molecule has 1 aromatic heterocycles. The van der Waals surface area contributed by atoms with Crippen molar-refractivity contribution < 1.29 is 23.7 Å². The SMILES string of the molecule is CCOc1ccccc1NC(=O)c1c(NCc2ccc(OC)c(OC)c2OC)sc2c1CCCCC2. The number of methoxy groups -OCH3 is 3. The molecular formula is C28H34N2O5S. The Bertz CT molecular complexity index is 1210. The highest BCUT2D eigenvalue weighted by atomic mass is 32.1. The summed E-state index contributed by atoms with van der Waals surface area (Å²) in [6, 6.07) is 11.4. The molecule has 1 amide bonds. The Morgan fingerprint density at radius 2 is 1.69 bits per heavy atom. The summed E-state index contributed by atoms with van der Waals surface area (Å²) in [5.74, 6) is 2.31. The molecule has 0 fully saturated rings. The molecule has 4 rings (SSSR count). The van der Waals surface area contributed by atoms with Crippen LogP contribution >= 0.6 is 11.3 Å². The Hall–Kier alpha value is -3.39. The van der Waals surface area contributed by atoms with Gasteiger partial charge in [0.15, 0.2) is 11.5 Å². The number of anilines is 2. The Morgan fingerprint density at radius 1 is 0.917 bits per heavy atom. The molecule has 0 atom stereocenters. The van der Waals surface area contributed by atoms with Crippen LogP contribution in [0.4, 0.5) is 10.7 Å². The molecule has 0 unspecified atom stereocenters. The predicted octanol–water partition coefficient (Wildman–Crippen LogP) is 6.31. The van der Waals surface area contributed by atoms with Crippen molar-refractivity contribution in [2.45, 2.75) is 45.6 Å². The maximum Gasteiger partial charge on any atom is 0.259 e. The van der Waals surface area contributed by atoms with Crippen molar-refractivity contribution in [1.29, 1.82) is 0 Å². The van der Waals surface area contributed by atoms with Gasteiger partial charge in [0.2, 0.25) is 5.75 Å². The zero-order chi connectivity index (χ0) is 25.5. The van der Waals surface area contributed by atoms with Crippen LogP contribution in [0.3, 0.4) is 0 Å². The van der Waals surface area contributed by atoms with E-state index in [2.05, 4.69) is 10.6 Å². The maximum absolute atomic E-state index is 13.7. The van der Waals surface area contributed by atoms with Crippen LogP contribution in [-0.4, -0.2) is 33.8 Å². The summed E-state index contributed by atoms with van der Waals surface area (Å²) in [7, 11) is 4.81. The molecule has 1 heterocycles. The number of rotatable bonds is 10. The van der Waals surface area contributed by atoms with Gasteiger partial charge in [-0.05, 0) is 62.4 Å². The summed E-state index contributed by atoms with van der Waals surface area (Å²) in [5, 5.41) is 7.50. The van der Waals surface area contributed by atoms with Gasteiger partial charge in [0.25, 0.3) is 5.91 Å². The summed E-state index contributed by atoms with van der Waals surface area (Å²) in [4.78, 5) is 15.0. The Labute approximate surface area is 216 Å². The number of benzene rings is 2. The highest BCUT2D eigenvalue weighted by Gasteiger charge is 2.26. The quantitative estimate of drug-likeness (QED) is 0.312. The number of hydrogen-bond donors (Lipinski definition) is 2. The Morgan fingerprint density at radius 3 is 2.44 bits per heavy atom. The number of hydrogen-bond acceptors (Lipinski definition) is 7. The minimum absolute atomic E-state index is 0.122. The molecule has 0 bridgehead atoms. The van der Waals surface area contributed by atoms with Gasteiger partial charge in [-0.2, -0.15) is 0 Å². The second-order valence-corrected chi connectivity index (χ2v) is 9.60. The van der Waals surface area contributed by atoms with Crippen molar-refractivity contribution in [3.8, 4) is 23.0 Å². The van der Waals surface area contributed by atoms with Crippen LogP contribution in [0, 0.1) is 0 Å². The lowest BCUT2D eigenvalue weighted by Crippen LogP contribution is -2.16. The first-order chi connectivity index (χ1) is 17.6. The maximum atomic E-state index is 13.7. The third-order valence-corrected chi connectivity index (χ3v) is 7.56. The zero-order valence-electron chi connectivity index (χ0n) is 21.4. The van der Waals surface area contributed by atoms with Gasteiger partial charge in [-0.25, -0.2) is 0 Å². The number of ether oxygens (including phenoxy) is 4. The van der Waals surface area contributed by atoms with Crippen molar-refractivity contribution >= 4 is 27.9 Å². The van der Waals surface area contributed by atoms with Gasteiger partial charge in [0.05, 0.1) is 39.2 Å². The van der Waals surface area contributed by atoms with E-state index < -0.39 is 0 Å². The Balaban J connectivity index is 1.66. The molecule has 1 aliphatic carbocycles. The van der Waals surface area contributed by atoms with Crippen LogP contribution < -0.4 is 29.6 Å². The van der Waals surface area contributed by atoms with Crippen LogP contribution in [0.15, 0.2) is 36.4 Å². The van der Waals surface area contributed by atoms with Gasteiger partial charge in [-0.15, -0.1) is 11.3 Å². The van der Waals surface area contributed by atoms with E-state index in [0.29, 0.717) is 41.8 Å². The van der Waals surface area contributed by atoms with Gasteiger partial charge in [0, 0.05) is 17.0 Å². The second-order valence-electron chi connectivity index (χ2n) is 8.50. The molecule has 2 N–H and O–H groups in total. The van der Waals surface area contributed by atoms with E-state index in [-0.39, 0.29) is 5.91 Å². The average molecular weight is 511 g/mol. The molecule has 0 radical (unpaired) electrons. The average Bonchev–Trinajstić information content (AvgIpc) is 3.08. The van der Waals surface area contributed by atoms with E-state index in [1.165, 1.54) is 11.3 Å². The van der Waals surface area contributed by atoms with Crippen molar-refractivity contribution in [1.82, 2.24) is 0 Å². The van der Waals surface area contributed by atoms with E-state index >= 15 is 0 Å². The fraction of sp³-hybridized carbons (Fsp3) is 0.393. The van der Waals surface area contributed by atoms with Crippen molar-refractivity contribution in [2.24, 2.45) is 0 Å². The first-order valence-electron chi connectivity index (χ1n) is 12.3. The molecule has 0 aliphatic heterocycles. The fourth-order valence-corrected chi connectivity index (χ4v) is 5.90. The number of fused-ring (bicyclic) bond motifs is 1. The molecule has 0 saturated heterocycles. The number of amides is 1. The number of carbonyl (C=O) groups excluding carboxylic acids is 1. The van der Waals surface area contributed by atoms with Crippen LogP contribution in [0.2, 0.25) is 0 Å². The molecule has 1 aliphatic rings. The zero-order valence-corrected chi connectivity index (χ0v) is 22.2. The molecule has 36 heavy (non-hydrogen) atoms. The molecule has 3 aromatic rings. The molecule has 192 valence electrons. The predicted molar refractivity (Wildman–Crippen MR) is 145 cm³/mol. The Kier molecular flexibility index (Phi) is 8.59. The molecule has 0 saturated carbocycles. The summed E-state index contributed by atoms with van der Waals surface area (Å²) < 4.78 is 22.3. The second kappa shape index (κ2) is 12.0. The summed E-state index contributed by atoms with van der Waals surface area (Å²) in [6.45, 7) is 2.93. The monoisotopic (exact) mass is 510 g/mol. The fourth-order valence-electron chi connectivity index (χ4n) is 4.62. The first-order valence-corrected chi connectivity index (χ1v) is 13.1. The summed E-state index contributed by atoms with van der Waals surface area (Å²) >= 11 is 1.68. The van der Waals surface area contributed by atoms with Crippen LogP contribution in [0.5, 0.6) is 23.0 Å². The lowest BCUT2D eigenvalue weighted by molar-refractivity contribution is 0.102. The summed E-state index contributed by atoms with van der Waals surface area (Å²) in [5.41, 5.74) is 3.46. The van der Waals surface area contributed by atoms with Crippen LogP contribution in [0.25, 0.3) is 0 Å². The van der Waals surface area contributed by atoms with E-state index in [4.69, 9.17) is 18.9 Å². The number of aryl methyl sites for hydroxylation is 1. The van der Waals surface area contributed by atoms with Crippen molar-refractivity contribution in [3.63, 3.8) is 0 Å². The minimum Gasteiger partial charge on any atom is -0.493 e. The van der Waals surface area contributed by atoms with Gasteiger partial charge in [0.1, 0.15) is 10.8 Å². The lowest BCUT2D eigenvalue weighted by atomic mass is 10.0. The van der Waals surface area contributed by atoms with E-state index in [9.17, 15) is 4.79 Å². The standard InChI is InChI=1S/C28H34N2O5S/c1-5-35-21-13-10-9-12-20(21)30-27(31)24-19-11-7-6-8-14-23(19)36-28(24)29-17-18-15-16-22(32-2)26(34-4)25(18)33-3/h9-10,12-13,15-16,29H,5-8,11,14,17H2,1-4H3,(H,30,31). The minimum atomic E-state index is -0.122. The molecular weight excluding hydrogens is 476 g/mol. The molecule has 7 nitrogen and oxygen atoms in total. The summed E-state index contributed by atoms with van der Waals surface area (Å²) in [6.07, 6.45) is 5.31. The van der Waals surface area contributed by atoms with Crippen molar-refractivity contribution in [3.05, 3.63) is 58.0 Å². The number of nitrogens with one attached hydrogen (secondary N) is 2. The van der Waals surface area contributed by atoms with Gasteiger partial charge in [-0.1, -0.05) is 18.6 Å². The normalized spacial score (nSPS) is 12.8. The van der Waals surface area contributed by atoms with E-state index in [0.717, 1.165) is 47.4 Å². The smallest absolute Gasteiger partial charge is 0.259 e. The van der Waals surface area contributed by atoms with E-state index in [1.54, 1.807) is 32.7 Å². The van der Waals surface area contributed by atoms with Crippen LogP contribution in [-0.2, 0) is 19.4 Å². The van der Waals surface area contributed by atoms with Gasteiger partial charge >= 0.3 is 0 Å². The molecule has 8 heteroatoms. The lowest BCUT2D eigenvalue weighted by Gasteiger charge is -2.17. The topological polar surface area (TPSA) is 78.1 Å². The number of para-hydroxylation sites is 2.